The van der Waals surface area contributed by atoms with E-state index in [1.165, 1.54) is 6.07 Å². The van der Waals surface area contributed by atoms with Gasteiger partial charge in [0.05, 0.1) is 23.6 Å². The van der Waals surface area contributed by atoms with Crippen molar-refractivity contribution in [3.05, 3.63) is 54.1 Å². The summed E-state index contributed by atoms with van der Waals surface area (Å²) in [5.74, 6) is -0.626. The highest BCUT2D eigenvalue weighted by Gasteiger charge is 2.22. The molecule has 2 N–H and O–H groups in total. The number of aromatic nitrogens is 5. The number of benzene rings is 1. The lowest BCUT2D eigenvalue weighted by atomic mass is 10.1. The summed E-state index contributed by atoms with van der Waals surface area (Å²) < 4.78 is 31.8. The Hall–Kier alpha value is -4.68. The van der Waals surface area contributed by atoms with Crippen molar-refractivity contribution in [2.45, 2.75) is 65.3 Å². The Kier molecular flexibility index (Phi) is 9.84. The molecule has 4 aromatic rings. The average Bonchev–Trinajstić information content (AvgIpc) is 3.36. The molecule has 3 aromatic heterocycles. The van der Waals surface area contributed by atoms with Crippen molar-refractivity contribution < 1.29 is 23.5 Å². The molecular formula is C32H38F2N8O3. The van der Waals surface area contributed by atoms with E-state index in [0.29, 0.717) is 56.2 Å². The zero-order chi connectivity index (χ0) is 32.1. The molecule has 0 atom stereocenters. The van der Waals surface area contributed by atoms with E-state index in [4.69, 9.17) is 5.11 Å². The van der Waals surface area contributed by atoms with Crippen molar-refractivity contribution in [3.8, 4) is 11.3 Å². The van der Waals surface area contributed by atoms with Gasteiger partial charge < -0.3 is 24.8 Å². The number of nitrogens with one attached hydrogen (secondary N) is 1. The predicted octanol–water partition coefficient (Wildman–Crippen LogP) is 5.87. The summed E-state index contributed by atoms with van der Waals surface area (Å²) in [7, 11) is 0. The van der Waals surface area contributed by atoms with Crippen LogP contribution in [0.3, 0.4) is 0 Å². The molecular weight excluding hydrogens is 582 g/mol. The molecule has 1 aromatic carbocycles. The van der Waals surface area contributed by atoms with Crippen molar-refractivity contribution in [2.24, 2.45) is 0 Å². The van der Waals surface area contributed by atoms with Gasteiger partial charge in [0.1, 0.15) is 22.9 Å². The number of pyridine rings is 1. The first kappa shape index (κ1) is 31.7. The second-order valence-corrected chi connectivity index (χ2v) is 11.5. The number of hydrogen-bond donors (Lipinski definition) is 2. The van der Waals surface area contributed by atoms with E-state index >= 15 is 4.39 Å². The highest BCUT2D eigenvalue weighted by Crippen LogP contribution is 2.30. The Morgan fingerprint density at radius 3 is 2.33 bits per heavy atom. The van der Waals surface area contributed by atoms with Crippen LogP contribution in [0.1, 0.15) is 64.2 Å². The lowest BCUT2D eigenvalue weighted by Crippen LogP contribution is -2.48. The Morgan fingerprint density at radius 1 is 0.933 bits per heavy atom. The highest BCUT2D eigenvalue weighted by molar-refractivity contribution is 5.83. The van der Waals surface area contributed by atoms with Gasteiger partial charge in [0.25, 0.3) is 0 Å². The second kappa shape index (κ2) is 14.0. The molecule has 0 unspecified atom stereocenters. The van der Waals surface area contributed by atoms with E-state index in [0.717, 1.165) is 31.1 Å². The standard InChI is InChI=1S/C32H38F2N8O3/c1-20(2)42-21(3)37-31-24(33)16-22(17-26(31)42)30-25(34)19-36-32(39-30)38-27-11-10-23(18-35-27)40-12-14-41(15-13-40)28(43)8-6-4-5-7-9-29(44)45/h10-11,16-20H,4-9,12-15H2,1-3H3,(H,44,45)(H,35,36,38,39). The SMILES string of the molecule is Cc1nc2c(F)cc(-c3nc(Nc4ccc(N5CCN(C(=O)CCCCCCC(=O)O)CC5)cn4)ncc3F)cc2n1C(C)C. The van der Waals surface area contributed by atoms with Crippen molar-refractivity contribution in [1.29, 1.82) is 0 Å². The van der Waals surface area contributed by atoms with Crippen molar-refractivity contribution in [1.82, 2.24) is 29.4 Å². The fourth-order valence-electron chi connectivity index (χ4n) is 5.73. The largest absolute Gasteiger partial charge is 0.481 e. The molecule has 1 amide bonds. The van der Waals surface area contributed by atoms with Crippen LogP contribution < -0.4 is 10.2 Å². The van der Waals surface area contributed by atoms with Crippen LogP contribution in [0, 0.1) is 18.6 Å². The monoisotopic (exact) mass is 620 g/mol. The molecule has 1 saturated heterocycles. The second-order valence-electron chi connectivity index (χ2n) is 11.5. The Balaban J connectivity index is 1.18. The van der Waals surface area contributed by atoms with Crippen LogP contribution >= 0.6 is 0 Å². The fraction of sp³-hybridized carbons (Fsp3) is 0.438. The molecule has 0 radical (unpaired) electrons. The van der Waals surface area contributed by atoms with Gasteiger partial charge in [-0.15, -0.1) is 0 Å². The number of nitrogens with zero attached hydrogens (tertiary/aromatic N) is 7. The molecule has 238 valence electrons. The van der Waals surface area contributed by atoms with E-state index in [2.05, 4.69) is 30.2 Å². The van der Waals surface area contributed by atoms with Gasteiger partial charge >= 0.3 is 5.97 Å². The molecule has 1 fully saturated rings. The number of carboxylic acid groups (broad SMARTS) is 1. The van der Waals surface area contributed by atoms with Crippen molar-refractivity contribution >= 4 is 40.4 Å². The minimum Gasteiger partial charge on any atom is -0.481 e. The quantitative estimate of drug-likeness (QED) is 0.187. The van der Waals surface area contributed by atoms with E-state index in [-0.39, 0.29) is 41.1 Å². The predicted molar refractivity (Wildman–Crippen MR) is 167 cm³/mol. The third-order valence-electron chi connectivity index (χ3n) is 7.98. The van der Waals surface area contributed by atoms with Crippen LogP contribution in [0.4, 0.5) is 26.2 Å². The molecule has 13 heteroatoms. The number of carboxylic acids is 1. The summed E-state index contributed by atoms with van der Waals surface area (Å²) >= 11 is 0. The Bertz CT molecular complexity index is 1670. The molecule has 1 aliphatic rings. The van der Waals surface area contributed by atoms with Crippen LogP contribution in [-0.4, -0.2) is 72.6 Å². The average molecular weight is 621 g/mol. The Morgan fingerprint density at radius 2 is 1.67 bits per heavy atom. The maximum absolute atomic E-state index is 15.0. The molecule has 0 bridgehead atoms. The summed E-state index contributed by atoms with van der Waals surface area (Å²) in [6.45, 7) is 8.36. The summed E-state index contributed by atoms with van der Waals surface area (Å²) in [6.07, 6.45) is 6.52. The number of carbonyl (C=O) groups excluding carboxylic acids is 1. The van der Waals surface area contributed by atoms with Crippen LogP contribution in [0.25, 0.3) is 22.3 Å². The van der Waals surface area contributed by atoms with Gasteiger partial charge in [-0.3, -0.25) is 9.59 Å². The zero-order valence-electron chi connectivity index (χ0n) is 25.8. The number of amides is 1. The number of carbonyl (C=O) groups is 2. The maximum atomic E-state index is 15.0. The summed E-state index contributed by atoms with van der Waals surface area (Å²) in [5.41, 5.74) is 1.95. The maximum Gasteiger partial charge on any atom is 0.303 e. The molecule has 0 spiro atoms. The number of rotatable bonds is 12. The summed E-state index contributed by atoms with van der Waals surface area (Å²) in [5, 5.41) is 11.7. The van der Waals surface area contributed by atoms with Gasteiger partial charge in [0, 0.05) is 50.6 Å². The lowest BCUT2D eigenvalue weighted by Gasteiger charge is -2.36. The third kappa shape index (κ3) is 7.52. The highest BCUT2D eigenvalue weighted by atomic mass is 19.1. The number of halogens is 2. The number of piperazine rings is 1. The molecule has 11 nitrogen and oxygen atoms in total. The van der Waals surface area contributed by atoms with E-state index in [9.17, 15) is 14.0 Å². The van der Waals surface area contributed by atoms with Crippen LogP contribution in [0.5, 0.6) is 0 Å². The normalized spacial score (nSPS) is 13.6. The molecule has 4 heterocycles. The van der Waals surface area contributed by atoms with Gasteiger partial charge in [-0.1, -0.05) is 12.8 Å². The molecule has 5 rings (SSSR count). The lowest BCUT2D eigenvalue weighted by molar-refractivity contribution is -0.137. The van der Waals surface area contributed by atoms with Crippen LogP contribution in [0.15, 0.2) is 36.7 Å². The first-order valence-corrected chi connectivity index (χ1v) is 15.3. The zero-order valence-corrected chi connectivity index (χ0v) is 25.8. The van der Waals surface area contributed by atoms with E-state index in [1.54, 1.807) is 18.3 Å². The minimum atomic E-state index is -0.782. The van der Waals surface area contributed by atoms with Gasteiger partial charge in [-0.2, -0.15) is 0 Å². The smallest absolute Gasteiger partial charge is 0.303 e. The van der Waals surface area contributed by atoms with Crippen molar-refractivity contribution in [2.75, 3.05) is 36.4 Å². The number of hydrogen-bond acceptors (Lipinski definition) is 8. The van der Waals surface area contributed by atoms with Gasteiger partial charge in [-0.25, -0.2) is 28.7 Å². The third-order valence-corrected chi connectivity index (χ3v) is 7.98. The fourth-order valence-corrected chi connectivity index (χ4v) is 5.73. The Labute approximate surface area is 260 Å². The summed E-state index contributed by atoms with van der Waals surface area (Å²) in [6, 6.07) is 6.66. The molecule has 0 saturated carbocycles. The number of aryl methyl sites for hydroxylation is 1. The topological polar surface area (TPSA) is 129 Å². The number of anilines is 3. The van der Waals surface area contributed by atoms with E-state index in [1.807, 2.05) is 36.3 Å². The number of aliphatic carboxylic acids is 1. The van der Waals surface area contributed by atoms with Crippen molar-refractivity contribution in [3.63, 3.8) is 0 Å². The van der Waals surface area contributed by atoms with E-state index < -0.39 is 17.6 Å². The molecule has 1 aliphatic heterocycles. The number of unbranched alkanes of at least 4 members (excludes halogenated alkanes) is 3. The van der Waals surface area contributed by atoms with Gasteiger partial charge in [-0.05, 0) is 57.9 Å². The number of fused-ring (bicyclic) bond motifs is 1. The first-order valence-electron chi connectivity index (χ1n) is 15.3. The first-order chi connectivity index (χ1) is 21.6. The summed E-state index contributed by atoms with van der Waals surface area (Å²) in [4.78, 5) is 44.4. The van der Waals surface area contributed by atoms with Gasteiger partial charge in [0.15, 0.2) is 11.6 Å². The molecule has 0 aliphatic carbocycles. The minimum absolute atomic E-state index is 0.0373. The van der Waals surface area contributed by atoms with Gasteiger partial charge in [0.2, 0.25) is 11.9 Å². The molecule has 45 heavy (non-hydrogen) atoms. The number of imidazole rings is 1. The van der Waals surface area contributed by atoms with Crippen LogP contribution in [-0.2, 0) is 9.59 Å². The van der Waals surface area contributed by atoms with Crippen LogP contribution in [0.2, 0.25) is 0 Å².